The molecule has 0 radical (unpaired) electrons. The van der Waals surface area contributed by atoms with Gasteiger partial charge in [-0.05, 0) is 37.0 Å². The average molecular weight is 289 g/mol. The summed E-state index contributed by atoms with van der Waals surface area (Å²) in [7, 11) is 0. The normalized spacial score (nSPS) is 18.4. The molecule has 4 heteroatoms. The van der Waals surface area contributed by atoms with Crippen molar-refractivity contribution in [2.24, 2.45) is 0 Å². The van der Waals surface area contributed by atoms with Gasteiger partial charge in [-0.15, -0.1) is 11.3 Å². The molecule has 2 heterocycles. The predicted octanol–water partition coefficient (Wildman–Crippen LogP) is 4.14. The summed E-state index contributed by atoms with van der Waals surface area (Å²) < 4.78 is 11.4. The average Bonchev–Trinajstić information content (AvgIpc) is 3.16. The molecule has 0 aliphatic carbocycles. The van der Waals surface area contributed by atoms with Crippen molar-refractivity contribution in [1.29, 1.82) is 0 Å². The minimum atomic E-state index is 0.206. The molecule has 1 aliphatic heterocycles. The molecule has 0 amide bonds. The van der Waals surface area contributed by atoms with Crippen LogP contribution in [0.15, 0.2) is 29.6 Å². The third kappa shape index (κ3) is 3.19. The quantitative estimate of drug-likeness (QED) is 0.829. The lowest BCUT2D eigenvalue weighted by Crippen LogP contribution is -1.98. The Balaban J connectivity index is 1.57. The van der Waals surface area contributed by atoms with Crippen molar-refractivity contribution < 1.29 is 9.47 Å². The maximum atomic E-state index is 5.77. The van der Waals surface area contributed by atoms with Crippen LogP contribution in [0.25, 0.3) is 0 Å². The monoisotopic (exact) mass is 289 g/mol. The molecular weight excluding hydrogens is 270 g/mol. The van der Waals surface area contributed by atoms with Gasteiger partial charge in [-0.25, -0.2) is 4.98 Å². The lowest BCUT2D eigenvalue weighted by Gasteiger charge is -2.06. The van der Waals surface area contributed by atoms with Gasteiger partial charge in [0.15, 0.2) is 0 Å². The van der Waals surface area contributed by atoms with Crippen molar-refractivity contribution in [3.63, 3.8) is 0 Å². The van der Waals surface area contributed by atoms with Gasteiger partial charge in [0, 0.05) is 12.0 Å². The Labute approximate surface area is 123 Å². The Morgan fingerprint density at radius 3 is 2.90 bits per heavy atom. The standard InChI is InChI=1S/C16H19NO2S/c1-2-12-5-7-14(8-6-12)19-10-13-11-20-16(17-13)15-4-3-9-18-15/h5-8,11,15H,2-4,9-10H2,1H3. The second-order valence-corrected chi connectivity index (χ2v) is 5.85. The van der Waals surface area contributed by atoms with Crippen LogP contribution in [0.5, 0.6) is 5.75 Å². The Bertz CT molecular complexity index is 544. The summed E-state index contributed by atoms with van der Waals surface area (Å²) in [6, 6.07) is 8.25. The molecule has 0 N–H and O–H groups in total. The first-order valence-corrected chi connectivity index (χ1v) is 8.01. The number of aromatic nitrogens is 1. The van der Waals surface area contributed by atoms with Crippen LogP contribution in [0.2, 0.25) is 0 Å². The summed E-state index contributed by atoms with van der Waals surface area (Å²) in [5.74, 6) is 0.897. The van der Waals surface area contributed by atoms with Crippen molar-refractivity contribution in [1.82, 2.24) is 4.98 Å². The molecule has 1 saturated heterocycles. The molecule has 20 heavy (non-hydrogen) atoms. The molecule has 1 unspecified atom stereocenters. The molecular formula is C16H19NO2S. The maximum Gasteiger partial charge on any atom is 0.131 e. The number of rotatable bonds is 5. The van der Waals surface area contributed by atoms with Gasteiger partial charge in [-0.1, -0.05) is 19.1 Å². The fourth-order valence-electron chi connectivity index (χ4n) is 2.29. The third-order valence-corrected chi connectivity index (χ3v) is 4.48. The molecule has 3 rings (SSSR count). The van der Waals surface area contributed by atoms with E-state index in [1.54, 1.807) is 11.3 Å². The van der Waals surface area contributed by atoms with Crippen LogP contribution in [-0.2, 0) is 17.8 Å². The molecule has 1 aromatic carbocycles. The molecule has 0 bridgehead atoms. The van der Waals surface area contributed by atoms with E-state index in [1.165, 1.54) is 5.56 Å². The first kappa shape index (κ1) is 13.6. The van der Waals surface area contributed by atoms with Crippen LogP contribution in [0.1, 0.15) is 42.1 Å². The fraction of sp³-hybridized carbons (Fsp3) is 0.438. The second-order valence-electron chi connectivity index (χ2n) is 4.96. The van der Waals surface area contributed by atoms with Gasteiger partial charge in [0.25, 0.3) is 0 Å². The summed E-state index contributed by atoms with van der Waals surface area (Å²) in [6.45, 7) is 3.53. The summed E-state index contributed by atoms with van der Waals surface area (Å²) in [5, 5.41) is 3.15. The largest absolute Gasteiger partial charge is 0.487 e. The van der Waals surface area contributed by atoms with Crippen molar-refractivity contribution in [3.8, 4) is 5.75 Å². The maximum absolute atomic E-state index is 5.77. The highest BCUT2D eigenvalue weighted by molar-refractivity contribution is 7.09. The number of nitrogens with zero attached hydrogens (tertiary/aromatic N) is 1. The molecule has 2 aromatic rings. The van der Waals surface area contributed by atoms with Crippen molar-refractivity contribution in [2.45, 2.75) is 38.9 Å². The van der Waals surface area contributed by atoms with Crippen molar-refractivity contribution in [3.05, 3.63) is 45.9 Å². The lowest BCUT2D eigenvalue weighted by atomic mass is 10.2. The van der Waals surface area contributed by atoms with Crippen molar-refractivity contribution >= 4 is 11.3 Å². The summed E-state index contributed by atoms with van der Waals surface area (Å²) in [6.07, 6.45) is 3.49. The first-order valence-electron chi connectivity index (χ1n) is 7.13. The number of hydrogen-bond donors (Lipinski definition) is 0. The molecule has 1 fully saturated rings. The van der Waals surface area contributed by atoms with E-state index in [2.05, 4.69) is 29.4 Å². The Morgan fingerprint density at radius 2 is 2.20 bits per heavy atom. The van der Waals surface area contributed by atoms with E-state index in [1.807, 2.05) is 12.1 Å². The van der Waals surface area contributed by atoms with Crippen LogP contribution < -0.4 is 4.74 Å². The zero-order valence-corrected chi connectivity index (χ0v) is 12.5. The minimum Gasteiger partial charge on any atom is -0.487 e. The number of aryl methyl sites for hydroxylation is 1. The van der Waals surface area contributed by atoms with Crippen molar-refractivity contribution in [2.75, 3.05) is 6.61 Å². The molecule has 0 spiro atoms. The van der Waals surface area contributed by atoms with Gasteiger partial charge in [-0.3, -0.25) is 0 Å². The minimum absolute atomic E-state index is 0.206. The summed E-state index contributed by atoms with van der Waals surface area (Å²) in [5.41, 5.74) is 2.31. The SMILES string of the molecule is CCc1ccc(OCc2csc(C3CCCO3)n2)cc1. The molecule has 1 atom stereocenters. The lowest BCUT2D eigenvalue weighted by molar-refractivity contribution is 0.111. The van der Waals surface area contributed by atoms with Crippen LogP contribution in [0, 0.1) is 0 Å². The highest BCUT2D eigenvalue weighted by atomic mass is 32.1. The van der Waals surface area contributed by atoms with Crippen LogP contribution in [-0.4, -0.2) is 11.6 Å². The van der Waals surface area contributed by atoms with E-state index in [-0.39, 0.29) is 6.10 Å². The highest BCUT2D eigenvalue weighted by Crippen LogP contribution is 2.30. The van der Waals surface area contributed by atoms with E-state index >= 15 is 0 Å². The Kier molecular flexibility index (Phi) is 4.33. The first-order chi connectivity index (χ1) is 9.85. The van der Waals surface area contributed by atoms with Gasteiger partial charge in [0.2, 0.25) is 0 Å². The Hall–Kier alpha value is -1.39. The topological polar surface area (TPSA) is 31.4 Å². The smallest absolute Gasteiger partial charge is 0.131 e. The van der Waals surface area contributed by atoms with Gasteiger partial charge in [-0.2, -0.15) is 0 Å². The number of benzene rings is 1. The van der Waals surface area contributed by atoms with E-state index in [4.69, 9.17) is 9.47 Å². The fourth-order valence-corrected chi connectivity index (χ4v) is 3.17. The molecule has 1 aromatic heterocycles. The van der Waals surface area contributed by atoms with Crippen LogP contribution in [0.4, 0.5) is 0 Å². The van der Waals surface area contributed by atoms with E-state index in [0.717, 1.165) is 42.3 Å². The molecule has 3 nitrogen and oxygen atoms in total. The highest BCUT2D eigenvalue weighted by Gasteiger charge is 2.20. The number of hydrogen-bond acceptors (Lipinski definition) is 4. The molecule has 1 aliphatic rings. The third-order valence-electron chi connectivity index (χ3n) is 3.49. The van der Waals surface area contributed by atoms with Crippen LogP contribution >= 0.6 is 11.3 Å². The predicted molar refractivity (Wildman–Crippen MR) is 80.2 cm³/mol. The summed E-state index contributed by atoms with van der Waals surface area (Å²) >= 11 is 1.67. The number of ether oxygens (including phenoxy) is 2. The van der Waals surface area contributed by atoms with E-state index in [0.29, 0.717) is 6.61 Å². The second kappa shape index (κ2) is 6.37. The zero-order valence-electron chi connectivity index (χ0n) is 11.7. The van der Waals surface area contributed by atoms with E-state index in [9.17, 15) is 0 Å². The van der Waals surface area contributed by atoms with Gasteiger partial charge >= 0.3 is 0 Å². The molecule has 0 saturated carbocycles. The van der Waals surface area contributed by atoms with E-state index < -0.39 is 0 Å². The molecule has 106 valence electrons. The Morgan fingerprint density at radius 1 is 1.35 bits per heavy atom. The summed E-state index contributed by atoms with van der Waals surface area (Å²) in [4.78, 5) is 4.61. The van der Waals surface area contributed by atoms with Gasteiger partial charge < -0.3 is 9.47 Å². The zero-order chi connectivity index (χ0) is 13.8. The van der Waals surface area contributed by atoms with Gasteiger partial charge in [0.1, 0.15) is 23.5 Å². The van der Waals surface area contributed by atoms with Crippen LogP contribution in [0.3, 0.4) is 0 Å². The number of thiazole rings is 1. The van der Waals surface area contributed by atoms with Gasteiger partial charge in [0.05, 0.1) is 5.69 Å².